The maximum absolute atomic E-state index is 9.06. The van der Waals surface area contributed by atoms with Gasteiger partial charge in [0.1, 0.15) is 16.9 Å². The largest absolute Gasteiger partial charge is 0.391 e. The second-order valence-corrected chi connectivity index (χ2v) is 5.42. The van der Waals surface area contributed by atoms with Gasteiger partial charge >= 0.3 is 0 Å². The highest BCUT2D eigenvalue weighted by molar-refractivity contribution is 7.92. The van der Waals surface area contributed by atoms with Gasteiger partial charge in [-0.3, -0.25) is 0 Å². The third-order valence-electron chi connectivity index (χ3n) is 1.47. The summed E-state index contributed by atoms with van der Waals surface area (Å²) in [5, 5.41) is 24.9. The maximum atomic E-state index is 9.06. The van der Waals surface area contributed by atoms with E-state index in [0.717, 1.165) is 18.6 Å². The van der Waals surface area contributed by atoms with Crippen molar-refractivity contribution in [2.45, 2.75) is 51.6 Å². The average molecular weight is 241 g/mol. The summed E-state index contributed by atoms with van der Waals surface area (Å²) in [5.74, 6) is -0.592. The van der Waals surface area contributed by atoms with Crippen LogP contribution < -0.4 is 0 Å². The fourth-order valence-electron chi connectivity index (χ4n) is 0.939. The lowest BCUT2D eigenvalue weighted by Gasteiger charge is -2.03. The zero-order valence-corrected chi connectivity index (χ0v) is 10.9. The molecule has 5 heteroatoms. The van der Waals surface area contributed by atoms with Crippen molar-refractivity contribution in [1.82, 2.24) is 0 Å². The van der Waals surface area contributed by atoms with Crippen LogP contribution in [0, 0.1) is 0 Å². The summed E-state index contributed by atoms with van der Waals surface area (Å²) in [5.41, 5.74) is 0. The van der Waals surface area contributed by atoms with Gasteiger partial charge < -0.3 is 15.3 Å². The summed E-state index contributed by atoms with van der Waals surface area (Å²) in [7, 11) is 0. The molecule has 94 valence electrons. The number of rotatable bonds is 1. The quantitative estimate of drug-likeness (QED) is 0.407. The van der Waals surface area contributed by atoms with Gasteiger partial charge in [0.2, 0.25) is 0 Å². The first kappa shape index (κ1) is 17.6. The molecule has 0 saturated carbocycles. The Morgan fingerprint density at radius 3 is 1.80 bits per heavy atom. The van der Waals surface area contributed by atoms with E-state index >= 15 is 0 Å². The summed E-state index contributed by atoms with van der Waals surface area (Å²) in [6.07, 6.45) is 2.10. The molecule has 1 aliphatic rings. The fourth-order valence-corrected chi connectivity index (χ4v) is 2.35. The highest BCUT2D eigenvalue weighted by atomic mass is 32.2. The third kappa shape index (κ3) is 14.2. The summed E-state index contributed by atoms with van der Waals surface area (Å²) in [4.78, 5) is 0. The predicted molar refractivity (Wildman–Crippen MR) is 64.8 cm³/mol. The standard InChI is InChI=1S/C5H11O2S.C3H8O2.C2H6/c6-4-5-2-1-3-8(5)7;1-3(2,4)5;1-2/h5-7H,1-4H2;4-5H,1-2H3;1-2H3/q+1;;. The molecule has 15 heavy (non-hydrogen) atoms. The Balaban J connectivity index is 0. The third-order valence-corrected chi connectivity index (χ3v) is 3.33. The van der Waals surface area contributed by atoms with E-state index in [2.05, 4.69) is 0 Å². The van der Waals surface area contributed by atoms with Crippen molar-refractivity contribution in [2.75, 3.05) is 12.4 Å². The highest BCUT2D eigenvalue weighted by Crippen LogP contribution is 2.18. The van der Waals surface area contributed by atoms with Gasteiger partial charge in [-0.1, -0.05) is 13.8 Å². The molecular formula is C10H25O4S+. The van der Waals surface area contributed by atoms with Crippen molar-refractivity contribution in [2.24, 2.45) is 0 Å². The molecular weight excluding hydrogens is 216 g/mol. The Morgan fingerprint density at radius 1 is 1.27 bits per heavy atom. The van der Waals surface area contributed by atoms with E-state index in [1.54, 1.807) is 0 Å². The van der Waals surface area contributed by atoms with Crippen LogP contribution in [0.1, 0.15) is 40.5 Å². The van der Waals surface area contributed by atoms with E-state index in [1.165, 1.54) is 13.8 Å². The van der Waals surface area contributed by atoms with Crippen molar-refractivity contribution < 1.29 is 19.9 Å². The van der Waals surface area contributed by atoms with E-state index in [-0.39, 0.29) is 11.9 Å². The molecule has 2 unspecified atom stereocenters. The molecule has 0 aromatic heterocycles. The number of aliphatic hydroxyl groups is 3. The molecule has 1 saturated heterocycles. The Bertz CT molecular complexity index is 130. The van der Waals surface area contributed by atoms with Crippen LogP contribution in [0.5, 0.6) is 0 Å². The minimum Gasteiger partial charge on any atom is -0.391 e. The van der Waals surface area contributed by atoms with Gasteiger partial charge in [-0.05, 0) is 13.8 Å². The fraction of sp³-hybridized carbons (Fsp3) is 1.00. The molecule has 0 spiro atoms. The van der Waals surface area contributed by atoms with Crippen LogP contribution in [0.2, 0.25) is 0 Å². The van der Waals surface area contributed by atoms with E-state index in [9.17, 15) is 0 Å². The normalized spacial score (nSPS) is 24.8. The monoisotopic (exact) mass is 241 g/mol. The number of hydrogen-bond donors (Lipinski definition) is 4. The van der Waals surface area contributed by atoms with Crippen LogP contribution in [0.3, 0.4) is 0 Å². The minimum atomic E-state index is -1.50. The van der Waals surface area contributed by atoms with Gasteiger partial charge in [-0.15, -0.1) is 0 Å². The zero-order valence-electron chi connectivity index (χ0n) is 10.1. The lowest BCUT2D eigenvalue weighted by atomic mass is 10.3. The summed E-state index contributed by atoms with van der Waals surface area (Å²) in [6.45, 7) is 6.76. The van der Waals surface area contributed by atoms with Crippen molar-refractivity contribution in [3.63, 3.8) is 0 Å². The zero-order chi connectivity index (χ0) is 12.5. The van der Waals surface area contributed by atoms with Gasteiger partial charge in [-0.25, -0.2) is 0 Å². The summed E-state index contributed by atoms with van der Waals surface area (Å²) < 4.78 is 9.06. The number of aliphatic hydroxyl groups excluding tert-OH is 1. The smallest absolute Gasteiger partial charge is 0.173 e. The molecule has 0 aliphatic carbocycles. The van der Waals surface area contributed by atoms with Crippen molar-refractivity contribution in [3.05, 3.63) is 0 Å². The Morgan fingerprint density at radius 2 is 1.67 bits per heavy atom. The van der Waals surface area contributed by atoms with Crippen molar-refractivity contribution >= 4 is 11.2 Å². The van der Waals surface area contributed by atoms with Gasteiger partial charge in [0.25, 0.3) is 0 Å². The van der Waals surface area contributed by atoms with E-state index < -0.39 is 17.0 Å². The first-order valence-electron chi connectivity index (χ1n) is 5.29. The molecule has 0 bridgehead atoms. The van der Waals surface area contributed by atoms with Crippen molar-refractivity contribution in [1.29, 1.82) is 0 Å². The highest BCUT2D eigenvalue weighted by Gasteiger charge is 2.34. The maximum Gasteiger partial charge on any atom is 0.173 e. The molecule has 1 rings (SSSR count). The lowest BCUT2D eigenvalue weighted by molar-refractivity contribution is -0.127. The minimum absolute atomic E-state index is 0.166. The first-order chi connectivity index (χ1) is 6.84. The predicted octanol–water partition coefficient (Wildman–Crippen LogP) is 0.966. The second kappa shape index (κ2) is 9.42. The molecule has 1 fully saturated rings. The Kier molecular flexibility index (Phi) is 11.0. The topological polar surface area (TPSA) is 80.9 Å². The molecule has 0 amide bonds. The molecule has 2 atom stereocenters. The van der Waals surface area contributed by atoms with Gasteiger partial charge in [0, 0.05) is 12.8 Å². The van der Waals surface area contributed by atoms with Crippen LogP contribution >= 0.6 is 0 Å². The molecule has 0 radical (unpaired) electrons. The van der Waals surface area contributed by atoms with Crippen LogP contribution in [-0.2, 0) is 11.2 Å². The van der Waals surface area contributed by atoms with Gasteiger partial charge in [0.15, 0.2) is 11.0 Å². The van der Waals surface area contributed by atoms with Crippen LogP contribution in [-0.4, -0.2) is 43.3 Å². The summed E-state index contributed by atoms with van der Waals surface area (Å²) >= 11 is -0.461. The molecule has 4 N–H and O–H groups in total. The molecule has 1 aliphatic heterocycles. The van der Waals surface area contributed by atoms with E-state index in [0.29, 0.717) is 0 Å². The lowest BCUT2D eigenvalue weighted by Crippen LogP contribution is -2.19. The average Bonchev–Trinajstić information content (AvgIpc) is 2.51. The van der Waals surface area contributed by atoms with Gasteiger partial charge in [-0.2, -0.15) is 4.55 Å². The van der Waals surface area contributed by atoms with Crippen molar-refractivity contribution in [3.8, 4) is 0 Å². The second-order valence-electron chi connectivity index (χ2n) is 3.55. The SMILES string of the molecule is CC.CC(C)(O)O.OCC1CCC[S+]1O. The van der Waals surface area contributed by atoms with Gasteiger partial charge in [0.05, 0.1) is 6.61 Å². The molecule has 0 aromatic carbocycles. The van der Waals surface area contributed by atoms with Crippen LogP contribution in [0.15, 0.2) is 0 Å². The Labute approximate surface area is 95.5 Å². The first-order valence-corrected chi connectivity index (χ1v) is 6.70. The molecule has 4 nitrogen and oxygen atoms in total. The molecule has 0 aromatic rings. The Hall–Kier alpha value is 0.190. The van der Waals surface area contributed by atoms with E-state index in [4.69, 9.17) is 19.9 Å². The van der Waals surface area contributed by atoms with E-state index in [1.807, 2.05) is 13.8 Å². The molecule has 1 heterocycles. The van der Waals surface area contributed by atoms with Crippen LogP contribution in [0.25, 0.3) is 0 Å². The van der Waals surface area contributed by atoms with Crippen LogP contribution in [0.4, 0.5) is 0 Å². The summed E-state index contributed by atoms with van der Waals surface area (Å²) in [6, 6.07) is 0. The number of hydrogen-bond acceptors (Lipinski definition) is 4.